The second-order valence-electron chi connectivity index (χ2n) is 5.09. The zero-order valence-corrected chi connectivity index (χ0v) is 12.8. The molecule has 0 bridgehead atoms. The van der Waals surface area contributed by atoms with Crippen LogP contribution >= 0.6 is 0 Å². The summed E-state index contributed by atoms with van der Waals surface area (Å²) in [5.41, 5.74) is 4.63. The summed E-state index contributed by atoms with van der Waals surface area (Å²) in [4.78, 5) is 19.4. The maximum Gasteiger partial charge on any atom is 0.316 e. The van der Waals surface area contributed by atoms with Crippen LogP contribution in [0.2, 0.25) is 0 Å². The average molecular weight is 286 g/mol. The molecule has 0 saturated carbocycles. The zero-order valence-electron chi connectivity index (χ0n) is 12.8. The van der Waals surface area contributed by atoms with Crippen LogP contribution in [0.1, 0.15) is 22.4 Å². The van der Waals surface area contributed by atoms with Crippen molar-refractivity contribution in [2.75, 3.05) is 12.4 Å². The standard InChI is InChI=1S/C15H18N4O2/c1-8-6-10(3)12(7-9(8)2)13-14(19(20)21)11(4)17-15(16-5)18-13/h6-7H,1-5H3,(H,16,17,18). The Morgan fingerprint density at radius 2 is 1.67 bits per heavy atom. The van der Waals surface area contributed by atoms with Crippen molar-refractivity contribution in [3.05, 3.63) is 44.6 Å². The van der Waals surface area contributed by atoms with Gasteiger partial charge in [0.1, 0.15) is 5.69 Å². The molecule has 2 aromatic rings. The van der Waals surface area contributed by atoms with E-state index in [0.717, 1.165) is 22.3 Å². The van der Waals surface area contributed by atoms with E-state index in [-0.39, 0.29) is 5.69 Å². The van der Waals surface area contributed by atoms with Crippen LogP contribution < -0.4 is 5.32 Å². The molecule has 0 aliphatic carbocycles. The van der Waals surface area contributed by atoms with Crippen LogP contribution in [0.3, 0.4) is 0 Å². The van der Waals surface area contributed by atoms with Crippen molar-refractivity contribution < 1.29 is 4.92 Å². The molecule has 0 aliphatic heterocycles. The number of aryl methyl sites for hydroxylation is 4. The van der Waals surface area contributed by atoms with Gasteiger partial charge >= 0.3 is 5.69 Å². The van der Waals surface area contributed by atoms with Crippen LogP contribution in [0, 0.1) is 37.8 Å². The van der Waals surface area contributed by atoms with Crippen LogP contribution in [0.25, 0.3) is 11.3 Å². The molecule has 2 rings (SSSR count). The predicted octanol–water partition coefficient (Wildman–Crippen LogP) is 3.33. The van der Waals surface area contributed by atoms with E-state index in [2.05, 4.69) is 15.3 Å². The van der Waals surface area contributed by atoms with Gasteiger partial charge in [-0.3, -0.25) is 10.1 Å². The van der Waals surface area contributed by atoms with Crippen molar-refractivity contribution in [1.29, 1.82) is 0 Å². The lowest BCUT2D eigenvalue weighted by Gasteiger charge is -2.12. The second kappa shape index (κ2) is 5.47. The van der Waals surface area contributed by atoms with E-state index >= 15 is 0 Å². The number of nitrogens with one attached hydrogen (secondary N) is 1. The molecule has 6 nitrogen and oxygen atoms in total. The minimum Gasteiger partial charge on any atom is -0.357 e. The summed E-state index contributed by atoms with van der Waals surface area (Å²) in [7, 11) is 1.69. The maximum absolute atomic E-state index is 11.4. The van der Waals surface area contributed by atoms with Crippen LogP contribution in [0.4, 0.5) is 11.6 Å². The molecular formula is C15H18N4O2. The van der Waals surface area contributed by atoms with Crippen molar-refractivity contribution in [3.63, 3.8) is 0 Å². The highest BCUT2D eigenvalue weighted by atomic mass is 16.6. The van der Waals surface area contributed by atoms with Crippen molar-refractivity contribution >= 4 is 11.6 Å². The Kier molecular flexibility index (Phi) is 3.88. The zero-order chi connectivity index (χ0) is 15.7. The van der Waals surface area contributed by atoms with E-state index in [1.165, 1.54) is 0 Å². The van der Waals surface area contributed by atoms with Crippen LogP contribution in [0.15, 0.2) is 12.1 Å². The highest BCUT2D eigenvalue weighted by Gasteiger charge is 2.24. The lowest BCUT2D eigenvalue weighted by Crippen LogP contribution is -2.06. The van der Waals surface area contributed by atoms with Gasteiger partial charge in [0.05, 0.1) is 4.92 Å². The molecule has 1 N–H and O–H groups in total. The largest absolute Gasteiger partial charge is 0.357 e. The fraction of sp³-hybridized carbons (Fsp3) is 0.333. The van der Waals surface area contributed by atoms with E-state index in [1.807, 2.05) is 32.9 Å². The first-order chi connectivity index (χ1) is 9.85. The minimum atomic E-state index is -0.418. The quantitative estimate of drug-likeness (QED) is 0.691. The molecule has 0 atom stereocenters. The molecule has 6 heteroatoms. The molecule has 1 aromatic heterocycles. The molecule has 110 valence electrons. The Bertz CT molecular complexity index is 726. The van der Waals surface area contributed by atoms with Gasteiger partial charge in [-0.05, 0) is 50.5 Å². The summed E-state index contributed by atoms with van der Waals surface area (Å²) in [5.74, 6) is 0.380. The van der Waals surface area contributed by atoms with Gasteiger partial charge in [0.2, 0.25) is 5.95 Å². The first kappa shape index (κ1) is 14.9. The highest BCUT2D eigenvalue weighted by Crippen LogP contribution is 2.34. The Hall–Kier alpha value is -2.50. The molecule has 0 amide bonds. The molecule has 0 saturated heterocycles. The van der Waals surface area contributed by atoms with Crippen molar-refractivity contribution in [2.24, 2.45) is 0 Å². The lowest BCUT2D eigenvalue weighted by molar-refractivity contribution is -0.385. The van der Waals surface area contributed by atoms with Gasteiger partial charge in [0.15, 0.2) is 5.69 Å². The first-order valence-electron chi connectivity index (χ1n) is 6.64. The van der Waals surface area contributed by atoms with Crippen LogP contribution in [0.5, 0.6) is 0 Å². The van der Waals surface area contributed by atoms with E-state index in [9.17, 15) is 10.1 Å². The van der Waals surface area contributed by atoms with Gasteiger partial charge in [0, 0.05) is 12.6 Å². The van der Waals surface area contributed by atoms with Gasteiger partial charge in [-0.25, -0.2) is 9.97 Å². The summed E-state index contributed by atoms with van der Waals surface area (Å²) in [6.45, 7) is 7.56. The van der Waals surface area contributed by atoms with E-state index in [1.54, 1.807) is 14.0 Å². The maximum atomic E-state index is 11.4. The molecule has 0 spiro atoms. The van der Waals surface area contributed by atoms with Crippen molar-refractivity contribution in [2.45, 2.75) is 27.7 Å². The summed E-state index contributed by atoms with van der Waals surface area (Å²) >= 11 is 0. The molecule has 0 aliphatic rings. The van der Waals surface area contributed by atoms with E-state index < -0.39 is 4.92 Å². The molecular weight excluding hydrogens is 268 g/mol. The molecule has 0 fully saturated rings. The van der Waals surface area contributed by atoms with Crippen LogP contribution in [-0.4, -0.2) is 21.9 Å². The highest BCUT2D eigenvalue weighted by molar-refractivity contribution is 5.75. The van der Waals surface area contributed by atoms with Crippen molar-refractivity contribution in [1.82, 2.24) is 9.97 Å². The number of nitro groups is 1. The van der Waals surface area contributed by atoms with Gasteiger partial charge in [-0.2, -0.15) is 0 Å². The number of rotatable bonds is 3. The fourth-order valence-corrected chi connectivity index (χ4v) is 2.30. The normalized spacial score (nSPS) is 10.5. The monoisotopic (exact) mass is 286 g/mol. The first-order valence-corrected chi connectivity index (χ1v) is 6.64. The van der Waals surface area contributed by atoms with Gasteiger partial charge < -0.3 is 5.32 Å². The summed E-state index contributed by atoms with van der Waals surface area (Å²) in [6, 6.07) is 3.96. The third-order valence-corrected chi connectivity index (χ3v) is 3.56. The Balaban J connectivity index is 2.81. The third-order valence-electron chi connectivity index (χ3n) is 3.56. The fourth-order valence-electron chi connectivity index (χ4n) is 2.30. The second-order valence-corrected chi connectivity index (χ2v) is 5.09. The molecule has 0 radical (unpaired) electrons. The average Bonchev–Trinajstić information content (AvgIpc) is 2.41. The SMILES string of the molecule is CNc1nc(C)c([N+](=O)[O-])c(-c2cc(C)c(C)cc2C)n1. The number of anilines is 1. The van der Waals surface area contributed by atoms with E-state index in [4.69, 9.17) is 0 Å². The summed E-state index contributed by atoms with van der Waals surface area (Å²) < 4.78 is 0. The predicted molar refractivity (Wildman–Crippen MR) is 82.6 cm³/mol. The van der Waals surface area contributed by atoms with Gasteiger partial charge in [-0.1, -0.05) is 6.07 Å². The number of hydrogen-bond donors (Lipinski definition) is 1. The number of aromatic nitrogens is 2. The molecule has 21 heavy (non-hydrogen) atoms. The number of hydrogen-bond acceptors (Lipinski definition) is 5. The third kappa shape index (κ3) is 2.69. The molecule has 1 aromatic carbocycles. The summed E-state index contributed by atoms with van der Waals surface area (Å²) in [6.07, 6.45) is 0. The number of benzene rings is 1. The smallest absolute Gasteiger partial charge is 0.316 e. The Morgan fingerprint density at radius 3 is 2.24 bits per heavy atom. The van der Waals surface area contributed by atoms with Gasteiger partial charge in [-0.15, -0.1) is 0 Å². The summed E-state index contributed by atoms with van der Waals surface area (Å²) in [5, 5.41) is 14.2. The van der Waals surface area contributed by atoms with Crippen LogP contribution in [-0.2, 0) is 0 Å². The molecule has 0 unspecified atom stereocenters. The van der Waals surface area contributed by atoms with Gasteiger partial charge in [0.25, 0.3) is 0 Å². The van der Waals surface area contributed by atoms with E-state index in [0.29, 0.717) is 17.3 Å². The molecule has 1 heterocycles. The lowest BCUT2D eigenvalue weighted by atomic mass is 9.97. The topological polar surface area (TPSA) is 81.0 Å². The minimum absolute atomic E-state index is 0.0413. The Labute approximate surface area is 123 Å². The Morgan fingerprint density at radius 1 is 1.05 bits per heavy atom. The number of nitrogens with zero attached hydrogens (tertiary/aromatic N) is 3. The van der Waals surface area contributed by atoms with Crippen molar-refractivity contribution in [3.8, 4) is 11.3 Å².